The molecule has 0 bridgehead atoms. The highest BCUT2D eigenvalue weighted by atomic mass is 19.1. The van der Waals surface area contributed by atoms with Gasteiger partial charge in [-0.2, -0.15) is 5.10 Å². The van der Waals surface area contributed by atoms with Gasteiger partial charge in [-0.1, -0.05) is 36.4 Å². The predicted molar refractivity (Wildman–Crippen MR) is 83.1 cm³/mol. The van der Waals surface area contributed by atoms with Gasteiger partial charge in [-0.05, 0) is 24.6 Å². The molecule has 3 rings (SSSR count). The zero-order chi connectivity index (χ0) is 17.3. The maximum absolute atomic E-state index is 13.6. The van der Waals surface area contributed by atoms with Gasteiger partial charge in [0, 0.05) is 0 Å². The van der Waals surface area contributed by atoms with Crippen molar-refractivity contribution < 1.29 is 18.4 Å². The standard InChI is InChI=1S/C17H13F2N3O2/c1-17(11-6-3-2-4-7-11)15(23)22(16(24)21-17)20-10-12-13(18)8-5-9-14(12)19/h2-10H,1H3,(H,21,24)/t17-/m0/s1. The number of nitrogens with zero attached hydrogens (tertiary/aromatic N) is 2. The molecule has 0 spiro atoms. The largest absolute Gasteiger partial charge is 0.346 e. The van der Waals surface area contributed by atoms with Crippen LogP contribution in [0.25, 0.3) is 0 Å². The molecule has 3 amide bonds. The van der Waals surface area contributed by atoms with Gasteiger partial charge in [0.25, 0.3) is 5.91 Å². The average Bonchev–Trinajstić information content (AvgIpc) is 2.79. The van der Waals surface area contributed by atoms with Crippen molar-refractivity contribution in [3.8, 4) is 0 Å². The van der Waals surface area contributed by atoms with Crippen molar-refractivity contribution in [3.05, 3.63) is 71.3 Å². The van der Waals surface area contributed by atoms with Crippen LogP contribution in [-0.2, 0) is 10.3 Å². The van der Waals surface area contributed by atoms with Gasteiger partial charge in [0.05, 0.1) is 11.8 Å². The van der Waals surface area contributed by atoms with Gasteiger partial charge in [-0.15, -0.1) is 5.01 Å². The minimum atomic E-state index is -1.29. The Morgan fingerprint density at radius 3 is 2.29 bits per heavy atom. The quantitative estimate of drug-likeness (QED) is 0.695. The smallest absolute Gasteiger partial charge is 0.318 e. The summed E-state index contributed by atoms with van der Waals surface area (Å²) >= 11 is 0. The molecule has 1 aliphatic rings. The van der Waals surface area contributed by atoms with Crippen molar-refractivity contribution in [1.82, 2.24) is 10.3 Å². The number of carbonyl (C=O) groups is 2. The molecule has 2 aromatic carbocycles. The predicted octanol–water partition coefficient (Wildman–Crippen LogP) is 2.77. The number of benzene rings is 2. The van der Waals surface area contributed by atoms with E-state index in [1.165, 1.54) is 6.07 Å². The molecular formula is C17H13F2N3O2. The van der Waals surface area contributed by atoms with Crippen LogP contribution in [-0.4, -0.2) is 23.2 Å². The summed E-state index contributed by atoms with van der Waals surface area (Å²) in [6.07, 6.45) is 0.818. The third-order valence-corrected chi connectivity index (χ3v) is 3.82. The summed E-state index contributed by atoms with van der Waals surface area (Å²) in [6, 6.07) is 11.2. The fraction of sp³-hybridized carbons (Fsp3) is 0.118. The lowest BCUT2D eigenvalue weighted by Crippen LogP contribution is -2.40. The summed E-state index contributed by atoms with van der Waals surface area (Å²) in [4.78, 5) is 24.6. The summed E-state index contributed by atoms with van der Waals surface area (Å²) in [5.41, 5.74) is -1.13. The van der Waals surface area contributed by atoms with Crippen molar-refractivity contribution >= 4 is 18.2 Å². The Balaban J connectivity index is 1.92. The molecule has 7 heteroatoms. The average molecular weight is 329 g/mol. The van der Waals surface area contributed by atoms with Crippen molar-refractivity contribution in [2.75, 3.05) is 0 Å². The SMILES string of the molecule is C[C@@]1(c2ccccc2)NC(=O)N(N=Cc2c(F)cccc2F)C1=O. The first-order valence-corrected chi connectivity index (χ1v) is 7.14. The van der Waals surface area contributed by atoms with Crippen LogP contribution >= 0.6 is 0 Å². The topological polar surface area (TPSA) is 61.8 Å². The van der Waals surface area contributed by atoms with Gasteiger partial charge < -0.3 is 5.32 Å². The second-order valence-electron chi connectivity index (χ2n) is 5.42. The molecule has 0 unspecified atom stereocenters. The van der Waals surface area contributed by atoms with Crippen LogP contribution in [0.3, 0.4) is 0 Å². The fourth-order valence-electron chi connectivity index (χ4n) is 2.45. The van der Waals surface area contributed by atoms with E-state index in [1.54, 1.807) is 37.3 Å². The number of halogens is 2. The van der Waals surface area contributed by atoms with E-state index < -0.39 is 34.7 Å². The van der Waals surface area contributed by atoms with E-state index in [9.17, 15) is 18.4 Å². The van der Waals surface area contributed by atoms with Crippen molar-refractivity contribution in [2.45, 2.75) is 12.5 Å². The molecule has 1 fully saturated rings. The zero-order valence-electron chi connectivity index (χ0n) is 12.7. The molecular weight excluding hydrogens is 316 g/mol. The molecule has 24 heavy (non-hydrogen) atoms. The van der Waals surface area contributed by atoms with Gasteiger partial charge in [-0.3, -0.25) is 4.79 Å². The number of carbonyl (C=O) groups excluding carboxylic acids is 2. The first-order chi connectivity index (χ1) is 11.4. The summed E-state index contributed by atoms with van der Waals surface area (Å²) < 4.78 is 27.2. The van der Waals surface area contributed by atoms with Crippen LogP contribution in [0, 0.1) is 11.6 Å². The number of imide groups is 1. The zero-order valence-corrected chi connectivity index (χ0v) is 12.7. The second-order valence-corrected chi connectivity index (χ2v) is 5.42. The number of amides is 3. The number of hydrogen-bond acceptors (Lipinski definition) is 3. The van der Waals surface area contributed by atoms with E-state index in [-0.39, 0.29) is 0 Å². The molecule has 0 aliphatic carbocycles. The first-order valence-electron chi connectivity index (χ1n) is 7.14. The molecule has 1 atom stereocenters. The Bertz CT molecular complexity index is 819. The van der Waals surface area contributed by atoms with Crippen LogP contribution in [0.15, 0.2) is 53.6 Å². The summed E-state index contributed by atoms with van der Waals surface area (Å²) in [5.74, 6) is -2.31. The Labute approximate surface area is 136 Å². The van der Waals surface area contributed by atoms with Crippen LogP contribution < -0.4 is 5.32 Å². The molecule has 0 saturated carbocycles. The lowest BCUT2D eigenvalue weighted by atomic mass is 9.92. The fourth-order valence-corrected chi connectivity index (χ4v) is 2.45. The van der Waals surface area contributed by atoms with Gasteiger partial charge >= 0.3 is 6.03 Å². The van der Waals surface area contributed by atoms with Gasteiger partial charge in [0.15, 0.2) is 0 Å². The molecule has 1 saturated heterocycles. The number of hydrazone groups is 1. The van der Waals surface area contributed by atoms with E-state index in [4.69, 9.17) is 0 Å². The lowest BCUT2D eigenvalue weighted by Gasteiger charge is -2.20. The van der Waals surface area contributed by atoms with Crippen LogP contribution in [0.4, 0.5) is 13.6 Å². The highest BCUT2D eigenvalue weighted by molar-refractivity contribution is 6.07. The first kappa shape index (κ1) is 15.8. The van der Waals surface area contributed by atoms with Crippen LogP contribution in [0.2, 0.25) is 0 Å². The van der Waals surface area contributed by atoms with E-state index in [1.807, 2.05) is 0 Å². The van der Waals surface area contributed by atoms with Gasteiger partial charge in [0.1, 0.15) is 17.2 Å². The second kappa shape index (κ2) is 5.84. The molecule has 0 aromatic heterocycles. The summed E-state index contributed by atoms with van der Waals surface area (Å²) in [6.45, 7) is 1.54. The lowest BCUT2D eigenvalue weighted by molar-refractivity contribution is -0.131. The Kier molecular flexibility index (Phi) is 3.84. The number of nitrogens with one attached hydrogen (secondary N) is 1. The van der Waals surface area contributed by atoms with Crippen molar-refractivity contribution in [3.63, 3.8) is 0 Å². The van der Waals surface area contributed by atoms with E-state index in [2.05, 4.69) is 10.4 Å². The van der Waals surface area contributed by atoms with Crippen molar-refractivity contribution in [1.29, 1.82) is 0 Å². The number of urea groups is 1. The Hall–Kier alpha value is -3.09. The van der Waals surface area contributed by atoms with E-state index >= 15 is 0 Å². The Morgan fingerprint density at radius 1 is 1.04 bits per heavy atom. The molecule has 1 N–H and O–H groups in total. The summed E-state index contributed by atoms with van der Waals surface area (Å²) in [5, 5.41) is 6.78. The van der Waals surface area contributed by atoms with E-state index in [0.717, 1.165) is 18.3 Å². The molecule has 1 aliphatic heterocycles. The highest BCUT2D eigenvalue weighted by Crippen LogP contribution is 2.28. The molecule has 1 heterocycles. The Morgan fingerprint density at radius 2 is 1.67 bits per heavy atom. The molecule has 0 radical (unpaired) electrons. The number of hydrogen-bond donors (Lipinski definition) is 1. The van der Waals surface area contributed by atoms with Gasteiger partial charge in [-0.25, -0.2) is 13.6 Å². The monoisotopic (exact) mass is 329 g/mol. The van der Waals surface area contributed by atoms with Crippen molar-refractivity contribution in [2.24, 2.45) is 5.10 Å². The van der Waals surface area contributed by atoms with E-state index in [0.29, 0.717) is 10.6 Å². The molecule has 5 nitrogen and oxygen atoms in total. The van der Waals surface area contributed by atoms with Crippen LogP contribution in [0.5, 0.6) is 0 Å². The highest BCUT2D eigenvalue weighted by Gasteiger charge is 2.49. The summed E-state index contributed by atoms with van der Waals surface area (Å²) in [7, 11) is 0. The number of rotatable bonds is 3. The third-order valence-electron chi connectivity index (χ3n) is 3.82. The minimum Gasteiger partial charge on any atom is -0.318 e. The normalized spacial score (nSPS) is 20.7. The third kappa shape index (κ3) is 2.54. The van der Waals surface area contributed by atoms with Crippen LogP contribution in [0.1, 0.15) is 18.1 Å². The maximum Gasteiger partial charge on any atom is 0.346 e. The molecule has 122 valence electrons. The molecule has 2 aromatic rings. The minimum absolute atomic E-state index is 0.425. The van der Waals surface area contributed by atoms with Gasteiger partial charge in [0.2, 0.25) is 0 Å². The maximum atomic E-state index is 13.6.